The van der Waals surface area contributed by atoms with Gasteiger partial charge in [-0.3, -0.25) is 0 Å². The van der Waals surface area contributed by atoms with Gasteiger partial charge in [-0.15, -0.1) is 0 Å². The molecule has 1 aromatic carbocycles. The first-order chi connectivity index (χ1) is 10.2. The van der Waals surface area contributed by atoms with Crippen LogP contribution in [0.1, 0.15) is 37.3 Å². The van der Waals surface area contributed by atoms with E-state index in [1.165, 1.54) is 11.1 Å². The van der Waals surface area contributed by atoms with Crippen molar-refractivity contribution in [3.05, 3.63) is 28.3 Å². The topological polar surface area (TPSA) is 44.5 Å². The van der Waals surface area contributed by atoms with E-state index in [1.807, 2.05) is 12.1 Å². The van der Waals surface area contributed by atoms with Gasteiger partial charge in [-0.2, -0.15) is 0 Å². The molecule has 1 aromatic rings. The number of benzene rings is 1. The summed E-state index contributed by atoms with van der Waals surface area (Å²) in [5.74, 6) is 1.74. The molecule has 3 rings (SSSR count). The monoisotopic (exact) mass is 309 g/mol. The summed E-state index contributed by atoms with van der Waals surface area (Å²) in [6.45, 7) is 3.63. The SMILES string of the molecule is CCOC1CC(CC(N)Cc2cc(Cl)cc3c2OCC3)C1. The molecule has 2 N–H and O–H groups in total. The number of nitrogens with two attached hydrogens (primary N) is 1. The summed E-state index contributed by atoms with van der Waals surface area (Å²) < 4.78 is 11.4. The molecule has 1 aliphatic heterocycles. The van der Waals surface area contributed by atoms with Crippen LogP contribution in [0.15, 0.2) is 12.1 Å². The first-order valence-corrected chi connectivity index (χ1v) is 8.34. The van der Waals surface area contributed by atoms with Gasteiger partial charge in [0.15, 0.2) is 0 Å². The third kappa shape index (κ3) is 3.53. The summed E-state index contributed by atoms with van der Waals surface area (Å²) in [5, 5.41) is 0.793. The smallest absolute Gasteiger partial charge is 0.125 e. The molecule has 1 atom stereocenters. The first kappa shape index (κ1) is 15.1. The van der Waals surface area contributed by atoms with Gasteiger partial charge in [0, 0.05) is 24.1 Å². The summed E-state index contributed by atoms with van der Waals surface area (Å²) in [6.07, 6.45) is 5.64. The van der Waals surface area contributed by atoms with Crippen LogP contribution in [0, 0.1) is 5.92 Å². The highest BCUT2D eigenvalue weighted by atomic mass is 35.5. The third-order valence-electron chi connectivity index (χ3n) is 4.54. The Kier molecular flexibility index (Phi) is 4.72. The molecule has 2 aliphatic rings. The van der Waals surface area contributed by atoms with Gasteiger partial charge < -0.3 is 15.2 Å². The average molecular weight is 310 g/mol. The molecule has 0 amide bonds. The van der Waals surface area contributed by atoms with E-state index in [0.717, 1.165) is 56.1 Å². The highest BCUT2D eigenvalue weighted by Gasteiger charge is 2.31. The molecule has 3 nitrogen and oxygen atoms in total. The van der Waals surface area contributed by atoms with Crippen LogP contribution in [0.25, 0.3) is 0 Å². The fraction of sp³-hybridized carbons (Fsp3) is 0.647. The van der Waals surface area contributed by atoms with Crippen LogP contribution < -0.4 is 10.5 Å². The Morgan fingerprint density at radius 1 is 1.43 bits per heavy atom. The van der Waals surface area contributed by atoms with Crippen LogP contribution in [-0.4, -0.2) is 25.4 Å². The second kappa shape index (κ2) is 6.55. The Bertz CT molecular complexity index is 500. The standard InChI is InChI=1S/C17H24ClNO2/c1-2-20-16-6-11(7-16)5-15(19)10-13-9-14(18)8-12-3-4-21-17(12)13/h8-9,11,15-16H,2-7,10,19H2,1H3. The number of halogens is 1. The first-order valence-electron chi connectivity index (χ1n) is 7.97. The van der Waals surface area contributed by atoms with E-state index in [-0.39, 0.29) is 6.04 Å². The molecule has 116 valence electrons. The maximum Gasteiger partial charge on any atom is 0.125 e. The number of rotatable bonds is 6. The van der Waals surface area contributed by atoms with Crippen molar-refractivity contribution in [2.24, 2.45) is 11.7 Å². The average Bonchev–Trinajstić information content (AvgIpc) is 2.84. The molecule has 1 heterocycles. The zero-order chi connectivity index (χ0) is 14.8. The molecule has 0 spiro atoms. The quantitative estimate of drug-likeness (QED) is 0.876. The second-order valence-electron chi connectivity index (χ2n) is 6.27. The van der Waals surface area contributed by atoms with Crippen LogP contribution >= 0.6 is 11.6 Å². The molecule has 0 aromatic heterocycles. The number of hydrogen-bond acceptors (Lipinski definition) is 3. The van der Waals surface area contributed by atoms with Crippen LogP contribution in [0.4, 0.5) is 0 Å². The van der Waals surface area contributed by atoms with Crippen molar-refractivity contribution in [2.45, 2.75) is 51.2 Å². The summed E-state index contributed by atoms with van der Waals surface area (Å²) in [6, 6.07) is 4.19. The molecule has 1 unspecified atom stereocenters. The van der Waals surface area contributed by atoms with E-state index in [1.54, 1.807) is 0 Å². The zero-order valence-corrected chi connectivity index (χ0v) is 13.4. The van der Waals surface area contributed by atoms with Gasteiger partial charge in [-0.25, -0.2) is 0 Å². The maximum atomic E-state index is 6.34. The predicted molar refractivity (Wildman–Crippen MR) is 85.1 cm³/mol. The van der Waals surface area contributed by atoms with Crippen molar-refractivity contribution in [2.75, 3.05) is 13.2 Å². The number of fused-ring (bicyclic) bond motifs is 1. The molecule has 1 aliphatic carbocycles. The number of hydrogen-bond donors (Lipinski definition) is 1. The lowest BCUT2D eigenvalue weighted by molar-refractivity contribution is -0.0281. The van der Waals surface area contributed by atoms with Crippen molar-refractivity contribution < 1.29 is 9.47 Å². The van der Waals surface area contributed by atoms with Crippen LogP contribution in [0.2, 0.25) is 5.02 Å². The molecular formula is C17H24ClNO2. The van der Waals surface area contributed by atoms with Crippen molar-refractivity contribution in [3.63, 3.8) is 0 Å². The highest BCUT2D eigenvalue weighted by Crippen LogP contribution is 2.36. The predicted octanol–water partition coefficient (Wildman–Crippen LogP) is 3.35. The Labute approximate surface area is 131 Å². The van der Waals surface area contributed by atoms with E-state index in [9.17, 15) is 0 Å². The van der Waals surface area contributed by atoms with Crippen LogP contribution in [0.3, 0.4) is 0 Å². The summed E-state index contributed by atoms with van der Waals surface area (Å²) in [7, 11) is 0. The summed E-state index contributed by atoms with van der Waals surface area (Å²) >= 11 is 6.20. The lowest BCUT2D eigenvalue weighted by Crippen LogP contribution is -2.36. The normalized spacial score (nSPS) is 25.1. The third-order valence-corrected chi connectivity index (χ3v) is 4.76. The van der Waals surface area contributed by atoms with Crippen LogP contribution in [-0.2, 0) is 17.6 Å². The highest BCUT2D eigenvalue weighted by molar-refractivity contribution is 6.30. The molecule has 1 fully saturated rings. The van der Waals surface area contributed by atoms with Crippen molar-refractivity contribution in [1.29, 1.82) is 0 Å². The zero-order valence-electron chi connectivity index (χ0n) is 12.6. The minimum absolute atomic E-state index is 0.171. The fourth-order valence-corrected chi connectivity index (χ4v) is 3.79. The van der Waals surface area contributed by atoms with Crippen molar-refractivity contribution >= 4 is 11.6 Å². The van der Waals surface area contributed by atoms with Gasteiger partial charge >= 0.3 is 0 Å². The van der Waals surface area contributed by atoms with E-state index >= 15 is 0 Å². The van der Waals surface area contributed by atoms with Gasteiger partial charge in [-0.05, 0) is 61.8 Å². The molecule has 0 bridgehead atoms. The van der Waals surface area contributed by atoms with Gasteiger partial charge in [-0.1, -0.05) is 11.6 Å². The van der Waals surface area contributed by atoms with E-state index < -0.39 is 0 Å². The van der Waals surface area contributed by atoms with Crippen molar-refractivity contribution in [1.82, 2.24) is 0 Å². The Morgan fingerprint density at radius 2 is 2.24 bits per heavy atom. The maximum absolute atomic E-state index is 6.34. The molecule has 1 saturated carbocycles. The number of ether oxygens (including phenoxy) is 2. The Morgan fingerprint density at radius 3 is 3.00 bits per heavy atom. The van der Waals surface area contributed by atoms with Gasteiger partial charge in [0.05, 0.1) is 12.7 Å². The van der Waals surface area contributed by atoms with E-state index in [4.69, 9.17) is 26.8 Å². The minimum atomic E-state index is 0.171. The van der Waals surface area contributed by atoms with E-state index in [2.05, 4.69) is 6.92 Å². The van der Waals surface area contributed by atoms with E-state index in [0.29, 0.717) is 12.0 Å². The Balaban J connectivity index is 1.55. The summed E-state index contributed by atoms with van der Waals surface area (Å²) in [5.41, 5.74) is 8.74. The molecule has 21 heavy (non-hydrogen) atoms. The van der Waals surface area contributed by atoms with Crippen LogP contribution in [0.5, 0.6) is 5.75 Å². The van der Waals surface area contributed by atoms with Gasteiger partial charge in [0.25, 0.3) is 0 Å². The van der Waals surface area contributed by atoms with Gasteiger partial charge in [0.1, 0.15) is 5.75 Å². The Hall–Kier alpha value is -0.770. The van der Waals surface area contributed by atoms with Crippen molar-refractivity contribution in [3.8, 4) is 5.75 Å². The molecular weight excluding hydrogens is 286 g/mol. The molecule has 0 radical (unpaired) electrons. The molecule has 4 heteroatoms. The van der Waals surface area contributed by atoms with Gasteiger partial charge in [0.2, 0.25) is 0 Å². The second-order valence-corrected chi connectivity index (χ2v) is 6.70. The lowest BCUT2D eigenvalue weighted by atomic mass is 9.77. The largest absolute Gasteiger partial charge is 0.493 e. The minimum Gasteiger partial charge on any atom is -0.493 e. The fourth-order valence-electron chi connectivity index (χ4n) is 3.53. The molecule has 0 saturated heterocycles. The lowest BCUT2D eigenvalue weighted by Gasteiger charge is -2.36. The summed E-state index contributed by atoms with van der Waals surface area (Å²) in [4.78, 5) is 0.